The van der Waals surface area contributed by atoms with E-state index in [4.69, 9.17) is 20.4 Å². The standard InChI is InChI=1S/2CH2O2.Ca.Mg/c2*2-1-3;;/h2*1H2;;/q2*-2;2*+2. The van der Waals surface area contributed by atoms with Gasteiger partial charge in [0, 0.05) is 0 Å². The molecule has 0 aliphatic rings. The van der Waals surface area contributed by atoms with Crippen LogP contribution >= 0.6 is 0 Å². The fourth-order valence-electron chi connectivity index (χ4n) is 0. The van der Waals surface area contributed by atoms with E-state index in [0.29, 0.717) is 0 Å². The minimum absolute atomic E-state index is 0. The predicted octanol–water partition coefficient (Wildman–Crippen LogP) is -5.43. The molecule has 0 atom stereocenters. The Hall–Kier alpha value is 1.87. The van der Waals surface area contributed by atoms with Crippen molar-refractivity contribution in [2.24, 2.45) is 0 Å². The minimum Gasteiger partial charge on any atom is -0.868 e. The summed E-state index contributed by atoms with van der Waals surface area (Å²) in [5, 5.41) is 33.5. The van der Waals surface area contributed by atoms with Gasteiger partial charge in [0.2, 0.25) is 0 Å². The molecule has 0 saturated carbocycles. The van der Waals surface area contributed by atoms with Gasteiger partial charge in [-0.2, -0.15) is 0 Å². The fourth-order valence-corrected chi connectivity index (χ4v) is 0. The van der Waals surface area contributed by atoms with E-state index >= 15 is 0 Å². The van der Waals surface area contributed by atoms with Crippen LogP contribution in [0.5, 0.6) is 0 Å². The van der Waals surface area contributed by atoms with Gasteiger partial charge < -0.3 is 20.4 Å². The SMILES string of the molecule is [Ca+2].[Mg+2].[O-]C[O-].[O-]C[O-]. The molecule has 0 N–H and O–H groups in total. The van der Waals surface area contributed by atoms with Crippen molar-refractivity contribution < 1.29 is 20.4 Å². The molecule has 0 aromatic heterocycles. The molecule has 0 rings (SSSR count). The third-order valence-electron chi connectivity index (χ3n) is 0. The van der Waals surface area contributed by atoms with Gasteiger partial charge in [-0.15, -0.1) is 0 Å². The van der Waals surface area contributed by atoms with Crippen molar-refractivity contribution in [2.75, 3.05) is 13.6 Å². The van der Waals surface area contributed by atoms with Crippen molar-refractivity contribution in [3.8, 4) is 0 Å². The van der Waals surface area contributed by atoms with E-state index < -0.39 is 13.6 Å². The van der Waals surface area contributed by atoms with Gasteiger partial charge in [-0.3, -0.25) is 0 Å². The summed E-state index contributed by atoms with van der Waals surface area (Å²) >= 11 is 0. The van der Waals surface area contributed by atoms with Crippen LogP contribution in [0.1, 0.15) is 0 Å². The summed E-state index contributed by atoms with van der Waals surface area (Å²) in [6, 6.07) is 0. The van der Waals surface area contributed by atoms with Crippen molar-refractivity contribution >= 4 is 60.8 Å². The van der Waals surface area contributed by atoms with Crippen molar-refractivity contribution in [2.45, 2.75) is 0 Å². The molecule has 0 heterocycles. The van der Waals surface area contributed by atoms with Crippen LogP contribution in [0.3, 0.4) is 0 Å². The molecular weight excluding hydrogens is 152 g/mol. The molecular formula is C2H4CaMgO4. The first-order chi connectivity index (χ1) is 2.83. The van der Waals surface area contributed by atoms with Crippen LogP contribution in [-0.4, -0.2) is 74.4 Å². The maximum atomic E-state index is 8.38. The molecule has 40 valence electrons. The summed E-state index contributed by atoms with van der Waals surface area (Å²) in [6.07, 6.45) is 0. The molecule has 8 heavy (non-hydrogen) atoms. The average molecular weight is 156 g/mol. The zero-order chi connectivity index (χ0) is 5.41. The molecule has 0 spiro atoms. The van der Waals surface area contributed by atoms with E-state index in [0.717, 1.165) is 0 Å². The van der Waals surface area contributed by atoms with E-state index in [9.17, 15) is 0 Å². The normalized spacial score (nSPS) is 4.50. The first kappa shape index (κ1) is 22.5. The molecule has 6 heteroatoms. The predicted molar refractivity (Wildman–Crippen MR) is 21.2 cm³/mol. The van der Waals surface area contributed by atoms with E-state index in [1.807, 2.05) is 0 Å². The van der Waals surface area contributed by atoms with Crippen LogP contribution in [0.4, 0.5) is 0 Å². The maximum absolute atomic E-state index is 8.38. The summed E-state index contributed by atoms with van der Waals surface area (Å²) in [5.41, 5.74) is 0. The Morgan fingerprint density at radius 1 is 0.750 bits per heavy atom. The van der Waals surface area contributed by atoms with Gasteiger partial charge in [-0.05, 0) is 0 Å². The first-order valence-electron chi connectivity index (χ1n) is 1.15. The number of rotatable bonds is 0. The molecule has 0 aromatic rings. The molecule has 0 saturated heterocycles. The summed E-state index contributed by atoms with van der Waals surface area (Å²) in [5.74, 6) is 0. The molecule has 0 aromatic carbocycles. The van der Waals surface area contributed by atoms with Crippen LogP contribution in [0.15, 0.2) is 0 Å². The number of hydrogen-bond acceptors (Lipinski definition) is 4. The second-order valence-electron chi connectivity index (χ2n) is 0.236. The molecule has 0 fully saturated rings. The van der Waals surface area contributed by atoms with Gasteiger partial charge in [0.05, 0.1) is 0 Å². The van der Waals surface area contributed by atoms with Gasteiger partial charge in [-0.25, -0.2) is 13.6 Å². The third kappa shape index (κ3) is 106. The molecule has 0 radical (unpaired) electrons. The number of hydrogen-bond donors (Lipinski definition) is 0. The summed E-state index contributed by atoms with van der Waals surface area (Å²) in [4.78, 5) is 0. The quantitative estimate of drug-likeness (QED) is 0.258. The largest absolute Gasteiger partial charge is 2.00 e. The van der Waals surface area contributed by atoms with Crippen molar-refractivity contribution in [3.05, 3.63) is 0 Å². The van der Waals surface area contributed by atoms with Crippen LogP contribution in [-0.2, 0) is 0 Å². The van der Waals surface area contributed by atoms with Gasteiger partial charge in [-0.1, -0.05) is 0 Å². The Morgan fingerprint density at radius 3 is 0.750 bits per heavy atom. The van der Waals surface area contributed by atoms with Gasteiger partial charge in [0.25, 0.3) is 0 Å². The van der Waals surface area contributed by atoms with Crippen molar-refractivity contribution in [1.82, 2.24) is 0 Å². The van der Waals surface area contributed by atoms with E-state index in [2.05, 4.69) is 0 Å². The van der Waals surface area contributed by atoms with E-state index in [-0.39, 0.29) is 60.8 Å². The first-order valence-corrected chi connectivity index (χ1v) is 1.15. The van der Waals surface area contributed by atoms with Crippen LogP contribution < -0.4 is 20.4 Å². The minimum atomic E-state index is -1.25. The zero-order valence-corrected chi connectivity index (χ0v) is 8.08. The maximum Gasteiger partial charge on any atom is 2.00 e. The molecule has 0 bridgehead atoms. The Balaban J connectivity index is -0.0000000160. The van der Waals surface area contributed by atoms with Crippen LogP contribution in [0, 0.1) is 0 Å². The topological polar surface area (TPSA) is 92.2 Å². The molecule has 0 aliphatic heterocycles. The monoisotopic (exact) mass is 156 g/mol. The molecule has 4 nitrogen and oxygen atoms in total. The Kier molecular flexibility index (Phi) is 103. The van der Waals surface area contributed by atoms with Gasteiger partial charge in [0.1, 0.15) is 0 Å². The van der Waals surface area contributed by atoms with Crippen molar-refractivity contribution in [3.63, 3.8) is 0 Å². The zero-order valence-electron chi connectivity index (χ0n) is 4.46. The second kappa shape index (κ2) is 36.7. The van der Waals surface area contributed by atoms with E-state index in [1.165, 1.54) is 0 Å². The molecule has 0 amide bonds. The van der Waals surface area contributed by atoms with Gasteiger partial charge >= 0.3 is 60.8 Å². The van der Waals surface area contributed by atoms with Gasteiger partial charge in [0.15, 0.2) is 0 Å². The average Bonchev–Trinajstić information content (AvgIpc) is 1.39. The Labute approximate surface area is 93.7 Å². The summed E-state index contributed by atoms with van der Waals surface area (Å²) in [7, 11) is 0. The second-order valence-corrected chi connectivity index (χ2v) is 0.236. The van der Waals surface area contributed by atoms with Crippen LogP contribution in [0.2, 0.25) is 0 Å². The Bertz CT molecular complexity index is 16.0. The van der Waals surface area contributed by atoms with Crippen LogP contribution in [0.25, 0.3) is 0 Å². The summed E-state index contributed by atoms with van der Waals surface area (Å²) in [6.45, 7) is -2.50. The van der Waals surface area contributed by atoms with E-state index in [1.54, 1.807) is 0 Å². The molecule has 0 aliphatic carbocycles. The van der Waals surface area contributed by atoms with Crippen molar-refractivity contribution in [1.29, 1.82) is 0 Å². The molecule has 0 unspecified atom stereocenters. The third-order valence-corrected chi connectivity index (χ3v) is 0. The smallest absolute Gasteiger partial charge is 0.868 e. The Morgan fingerprint density at radius 2 is 0.750 bits per heavy atom. The fraction of sp³-hybridized carbons (Fsp3) is 1.00. The summed E-state index contributed by atoms with van der Waals surface area (Å²) < 4.78 is 0.